The molecule has 1 aliphatic heterocycles. The minimum atomic E-state index is -0.138. The molecule has 164 valence electrons. The summed E-state index contributed by atoms with van der Waals surface area (Å²) >= 11 is 17.9. The molecule has 0 unspecified atom stereocenters. The van der Waals surface area contributed by atoms with Gasteiger partial charge >= 0.3 is 0 Å². The largest absolute Gasteiger partial charge is 0.342 e. The number of benzene rings is 3. The number of rotatable bonds is 5. The highest BCUT2D eigenvalue weighted by atomic mass is 35.5. The highest BCUT2D eigenvalue weighted by molar-refractivity contribution is 7.80. The minimum absolute atomic E-state index is 0.138. The molecule has 2 heterocycles. The fourth-order valence-corrected chi connectivity index (χ4v) is 4.72. The number of para-hydroxylation sites is 1. The van der Waals surface area contributed by atoms with Crippen LogP contribution in [0.2, 0.25) is 10.0 Å². The third-order valence-corrected chi connectivity index (χ3v) is 6.53. The first-order chi connectivity index (χ1) is 16.0. The number of carbonyl (C=O) groups is 1. The summed E-state index contributed by atoms with van der Waals surface area (Å²) in [6.07, 6.45) is 3.89. The topological polar surface area (TPSA) is 37.3 Å². The molecule has 4 nitrogen and oxygen atoms in total. The summed E-state index contributed by atoms with van der Waals surface area (Å²) in [5.41, 5.74) is 4.42. The molecule has 1 aliphatic rings. The number of aromatic nitrogens is 1. The van der Waals surface area contributed by atoms with Crippen molar-refractivity contribution in [3.8, 4) is 0 Å². The summed E-state index contributed by atoms with van der Waals surface area (Å²) in [6, 6.07) is 23.4. The Morgan fingerprint density at radius 1 is 0.939 bits per heavy atom. The zero-order valence-corrected chi connectivity index (χ0v) is 19.8. The number of hydrogen-bond acceptors (Lipinski definition) is 2. The second kappa shape index (κ2) is 9.02. The lowest BCUT2D eigenvalue weighted by Gasteiger charge is -2.13. The van der Waals surface area contributed by atoms with Crippen LogP contribution in [0.15, 0.2) is 84.7 Å². The predicted octanol–water partition coefficient (Wildman–Crippen LogP) is 6.25. The quantitative estimate of drug-likeness (QED) is 0.264. The van der Waals surface area contributed by atoms with E-state index in [4.69, 9.17) is 35.4 Å². The van der Waals surface area contributed by atoms with Gasteiger partial charge in [-0.1, -0.05) is 77.8 Å². The maximum Gasteiger partial charge on any atom is 0.276 e. The van der Waals surface area contributed by atoms with Gasteiger partial charge in [0.2, 0.25) is 0 Å². The van der Waals surface area contributed by atoms with Crippen molar-refractivity contribution in [3.63, 3.8) is 0 Å². The van der Waals surface area contributed by atoms with E-state index < -0.39 is 0 Å². The molecule has 7 heteroatoms. The molecule has 1 saturated heterocycles. The molecule has 33 heavy (non-hydrogen) atoms. The maximum atomic E-state index is 13.1. The lowest BCUT2D eigenvalue weighted by Crippen LogP contribution is -2.29. The van der Waals surface area contributed by atoms with Gasteiger partial charge in [0.25, 0.3) is 5.91 Å². The molecule has 0 saturated carbocycles. The summed E-state index contributed by atoms with van der Waals surface area (Å²) in [6.45, 7) is 1.01. The van der Waals surface area contributed by atoms with Gasteiger partial charge in [-0.15, -0.1) is 0 Å². The number of nitrogens with one attached hydrogen (secondary N) is 1. The first kappa shape index (κ1) is 21.7. The molecule has 0 atom stereocenters. The van der Waals surface area contributed by atoms with E-state index in [1.807, 2.05) is 72.9 Å². The molecule has 1 N–H and O–H groups in total. The van der Waals surface area contributed by atoms with E-state index in [1.54, 1.807) is 11.0 Å². The highest BCUT2D eigenvalue weighted by Gasteiger charge is 2.30. The van der Waals surface area contributed by atoms with Crippen molar-refractivity contribution >= 4 is 63.4 Å². The van der Waals surface area contributed by atoms with Crippen LogP contribution in [0.4, 0.5) is 0 Å². The second-order valence-electron chi connectivity index (χ2n) is 7.83. The normalized spacial score (nSPS) is 15.0. The molecular formula is C26H19Cl2N3OS. The van der Waals surface area contributed by atoms with Gasteiger partial charge in [-0.2, -0.15) is 0 Å². The third-order valence-electron chi connectivity index (χ3n) is 5.62. The average Bonchev–Trinajstić information content (AvgIpc) is 3.28. The van der Waals surface area contributed by atoms with E-state index in [9.17, 15) is 4.79 Å². The molecule has 1 fully saturated rings. The summed E-state index contributed by atoms with van der Waals surface area (Å²) in [7, 11) is 0. The highest BCUT2D eigenvalue weighted by Crippen LogP contribution is 2.28. The molecule has 4 aromatic rings. The number of nitrogens with zero attached hydrogens (tertiary/aromatic N) is 2. The van der Waals surface area contributed by atoms with Crippen LogP contribution in [-0.2, 0) is 17.9 Å². The first-order valence-corrected chi connectivity index (χ1v) is 11.6. The van der Waals surface area contributed by atoms with Gasteiger partial charge in [-0.05, 0) is 47.6 Å². The number of hydrogen-bond donors (Lipinski definition) is 1. The van der Waals surface area contributed by atoms with Crippen LogP contribution in [0.3, 0.4) is 0 Å². The lowest BCUT2D eigenvalue weighted by molar-refractivity contribution is -0.122. The van der Waals surface area contributed by atoms with Crippen LogP contribution in [0.25, 0.3) is 17.0 Å². The Morgan fingerprint density at radius 2 is 1.70 bits per heavy atom. The van der Waals surface area contributed by atoms with Crippen LogP contribution in [0.1, 0.15) is 16.7 Å². The van der Waals surface area contributed by atoms with Crippen molar-refractivity contribution in [3.05, 3.63) is 111 Å². The van der Waals surface area contributed by atoms with Gasteiger partial charge < -0.3 is 9.88 Å². The van der Waals surface area contributed by atoms with Crippen molar-refractivity contribution in [2.75, 3.05) is 0 Å². The van der Waals surface area contributed by atoms with Crippen LogP contribution >= 0.6 is 35.4 Å². The summed E-state index contributed by atoms with van der Waals surface area (Å²) in [5.74, 6) is -0.138. The fourth-order valence-electron chi connectivity index (χ4n) is 3.99. The molecule has 3 aromatic carbocycles. The Kier molecular flexibility index (Phi) is 5.94. The average molecular weight is 492 g/mol. The fraction of sp³-hybridized carbons (Fsp3) is 0.0769. The Labute approximate surface area is 207 Å². The second-order valence-corrected chi connectivity index (χ2v) is 9.06. The monoisotopic (exact) mass is 491 g/mol. The van der Waals surface area contributed by atoms with E-state index in [0.29, 0.717) is 33.9 Å². The van der Waals surface area contributed by atoms with Crippen molar-refractivity contribution in [1.29, 1.82) is 0 Å². The van der Waals surface area contributed by atoms with E-state index >= 15 is 0 Å². The number of halogens is 2. The Bertz CT molecular complexity index is 1410. The standard InChI is InChI=1S/C26H19Cl2N3OS/c27-20-11-10-18(22(28)13-20)15-30-16-19(21-8-4-5-9-24(21)30)12-23-25(32)31(26(33)29-23)14-17-6-2-1-3-7-17/h1-13,16H,14-15H2,(H,29,33)/b23-12-. The van der Waals surface area contributed by atoms with Crippen LogP contribution in [0, 0.1) is 0 Å². The lowest BCUT2D eigenvalue weighted by atomic mass is 10.1. The van der Waals surface area contributed by atoms with Crippen molar-refractivity contribution in [1.82, 2.24) is 14.8 Å². The molecule has 0 radical (unpaired) electrons. The van der Waals surface area contributed by atoms with E-state index in [1.165, 1.54) is 0 Å². The smallest absolute Gasteiger partial charge is 0.276 e. The van der Waals surface area contributed by atoms with Crippen LogP contribution in [0.5, 0.6) is 0 Å². The molecule has 1 amide bonds. The molecule has 0 spiro atoms. The van der Waals surface area contributed by atoms with Crippen LogP contribution in [-0.4, -0.2) is 20.5 Å². The van der Waals surface area contributed by atoms with Crippen molar-refractivity contribution in [2.45, 2.75) is 13.1 Å². The number of thiocarbonyl (C=S) groups is 1. The van der Waals surface area contributed by atoms with E-state index in [0.717, 1.165) is 27.6 Å². The number of amides is 1. The van der Waals surface area contributed by atoms with E-state index in [-0.39, 0.29) is 5.91 Å². The third kappa shape index (κ3) is 4.40. The van der Waals surface area contributed by atoms with Gasteiger partial charge in [-0.3, -0.25) is 9.69 Å². The molecule has 5 rings (SSSR count). The van der Waals surface area contributed by atoms with Crippen molar-refractivity contribution in [2.24, 2.45) is 0 Å². The number of fused-ring (bicyclic) bond motifs is 1. The molecule has 0 aliphatic carbocycles. The Balaban J connectivity index is 1.48. The molecule has 0 bridgehead atoms. The predicted molar refractivity (Wildman–Crippen MR) is 138 cm³/mol. The maximum absolute atomic E-state index is 13.1. The van der Waals surface area contributed by atoms with Gasteiger partial charge in [0.1, 0.15) is 5.70 Å². The van der Waals surface area contributed by atoms with Gasteiger partial charge in [0, 0.05) is 39.3 Å². The van der Waals surface area contributed by atoms with E-state index in [2.05, 4.69) is 16.0 Å². The first-order valence-electron chi connectivity index (χ1n) is 10.4. The molecular weight excluding hydrogens is 473 g/mol. The van der Waals surface area contributed by atoms with Crippen molar-refractivity contribution < 1.29 is 4.79 Å². The van der Waals surface area contributed by atoms with Gasteiger partial charge in [0.05, 0.1) is 6.54 Å². The summed E-state index contributed by atoms with van der Waals surface area (Å²) in [4.78, 5) is 14.7. The van der Waals surface area contributed by atoms with Gasteiger partial charge in [-0.25, -0.2) is 0 Å². The SMILES string of the molecule is O=C1/C(=C/c2cn(Cc3ccc(Cl)cc3Cl)c3ccccc23)NC(=S)N1Cc1ccccc1. The Morgan fingerprint density at radius 3 is 2.48 bits per heavy atom. The minimum Gasteiger partial charge on any atom is -0.342 e. The zero-order valence-electron chi connectivity index (χ0n) is 17.5. The zero-order chi connectivity index (χ0) is 22.9. The molecule has 1 aromatic heterocycles. The Hall–Kier alpha value is -3.12. The van der Waals surface area contributed by atoms with Crippen LogP contribution < -0.4 is 5.32 Å². The summed E-state index contributed by atoms with van der Waals surface area (Å²) < 4.78 is 2.12. The number of carbonyl (C=O) groups excluding carboxylic acids is 1. The van der Waals surface area contributed by atoms with Gasteiger partial charge in [0.15, 0.2) is 5.11 Å². The summed E-state index contributed by atoms with van der Waals surface area (Å²) in [5, 5.41) is 5.76.